The third-order valence-corrected chi connectivity index (χ3v) is 4.83. The van der Waals surface area contributed by atoms with E-state index in [-0.39, 0.29) is 6.54 Å². The van der Waals surface area contributed by atoms with Crippen LogP contribution in [-0.4, -0.2) is 38.9 Å². The van der Waals surface area contributed by atoms with Gasteiger partial charge in [-0.2, -0.15) is 18.3 Å². The fraction of sp³-hybridized carbons (Fsp3) is 0.182. The Balaban J connectivity index is 1.53. The fourth-order valence-electron chi connectivity index (χ4n) is 3.21. The predicted octanol–water partition coefficient (Wildman–Crippen LogP) is 4.59. The number of carbonyl (C=O) groups excluding carboxylic acids is 1. The summed E-state index contributed by atoms with van der Waals surface area (Å²) in [5.74, 6) is -1.88. The van der Waals surface area contributed by atoms with Gasteiger partial charge >= 0.3 is 12.1 Å². The van der Waals surface area contributed by atoms with Gasteiger partial charge in [0.05, 0.1) is 17.8 Å². The molecule has 0 saturated heterocycles. The molecule has 4 aromatic rings. The quantitative estimate of drug-likeness (QED) is 0.425. The molecule has 2 aromatic heterocycles. The number of benzene rings is 2. The van der Waals surface area contributed by atoms with Crippen LogP contribution < -0.4 is 5.32 Å². The Bertz CT molecular complexity index is 1240. The number of alkyl halides is 3. The van der Waals surface area contributed by atoms with E-state index in [1.54, 1.807) is 36.4 Å². The van der Waals surface area contributed by atoms with Gasteiger partial charge in [-0.3, -0.25) is 5.10 Å². The number of aryl methyl sites for hydroxylation is 1. The Morgan fingerprint density at radius 2 is 1.91 bits per heavy atom. The van der Waals surface area contributed by atoms with Crippen molar-refractivity contribution in [3.63, 3.8) is 0 Å². The van der Waals surface area contributed by atoms with Crippen LogP contribution in [0.3, 0.4) is 0 Å². The van der Waals surface area contributed by atoms with Gasteiger partial charge < -0.3 is 10.1 Å². The molecule has 0 aliphatic carbocycles. The summed E-state index contributed by atoms with van der Waals surface area (Å²) in [6, 6.07) is 15.6. The van der Waals surface area contributed by atoms with Crippen LogP contribution in [0.25, 0.3) is 22.2 Å². The first kappa shape index (κ1) is 21.3. The number of H-pyrrole nitrogens is 1. The van der Waals surface area contributed by atoms with Crippen LogP contribution in [0.2, 0.25) is 0 Å². The minimum atomic E-state index is -5.08. The zero-order valence-electron chi connectivity index (χ0n) is 16.8. The van der Waals surface area contributed by atoms with Crippen molar-refractivity contribution in [3.8, 4) is 11.3 Å². The van der Waals surface area contributed by atoms with E-state index in [0.717, 1.165) is 22.2 Å². The van der Waals surface area contributed by atoms with E-state index < -0.39 is 18.2 Å². The maximum Gasteiger partial charge on any atom is 0.490 e. The van der Waals surface area contributed by atoms with Crippen molar-refractivity contribution in [2.45, 2.75) is 19.2 Å². The summed E-state index contributed by atoms with van der Waals surface area (Å²) in [6.45, 7) is 1.82. The molecule has 7 nitrogen and oxygen atoms in total. The number of nitrogens with zero attached hydrogens (tertiary/aromatic N) is 3. The molecule has 32 heavy (non-hydrogen) atoms. The highest BCUT2D eigenvalue weighted by Crippen LogP contribution is 2.26. The normalized spacial score (nSPS) is 12.5. The summed E-state index contributed by atoms with van der Waals surface area (Å²) in [6.07, 6.45) is -4.90. The van der Waals surface area contributed by atoms with E-state index in [0.29, 0.717) is 17.1 Å². The number of anilines is 1. The molecule has 2 heterocycles. The molecule has 2 aromatic carbocycles. The molecule has 0 amide bonds. The number of carbonyl (C=O) groups is 1. The number of nitrogens with one attached hydrogen (secondary N) is 2. The van der Waals surface area contributed by atoms with Crippen molar-refractivity contribution in [1.82, 2.24) is 20.2 Å². The fourth-order valence-corrected chi connectivity index (χ4v) is 3.21. The zero-order valence-corrected chi connectivity index (χ0v) is 16.8. The summed E-state index contributed by atoms with van der Waals surface area (Å²) in [4.78, 5) is 19.8. The van der Waals surface area contributed by atoms with E-state index in [1.807, 2.05) is 25.1 Å². The molecule has 164 valence electrons. The van der Waals surface area contributed by atoms with E-state index in [9.17, 15) is 18.0 Å². The van der Waals surface area contributed by atoms with Crippen molar-refractivity contribution in [2.75, 3.05) is 11.9 Å². The van der Waals surface area contributed by atoms with Gasteiger partial charge in [-0.15, -0.1) is 0 Å². The highest BCUT2D eigenvalue weighted by Gasteiger charge is 2.42. The minimum Gasteiger partial charge on any atom is -0.449 e. The maximum atomic E-state index is 12.7. The number of aromatic nitrogens is 4. The Hall–Kier alpha value is -3.95. The zero-order chi connectivity index (χ0) is 22.7. The number of hydrogen-bond acceptors (Lipinski definition) is 6. The lowest BCUT2D eigenvalue weighted by Gasteiger charge is -2.20. The van der Waals surface area contributed by atoms with Crippen LogP contribution in [0.15, 0.2) is 60.9 Å². The average Bonchev–Trinajstić information content (AvgIpc) is 3.16. The molecule has 0 spiro atoms. The van der Waals surface area contributed by atoms with Gasteiger partial charge in [0.2, 0.25) is 0 Å². The molecule has 2 N–H and O–H groups in total. The van der Waals surface area contributed by atoms with E-state index in [2.05, 4.69) is 25.5 Å². The van der Waals surface area contributed by atoms with Crippen molar-refractivity contribution < 1.29 is 22.7 Å². The van der Waals surface area contributed by atoms with Crippen LogP contribution in [0.5, 0.6) is 0 Å². The first-order valence-corrected chi connectivity index (χ1v) is 9.65. The average molecular weight is 441 g/mol. The van der Waals surface area contributed by atoms with Crippen molar-refractivity contribution in [3.05, 3.63) is 72.2 Å². The molecule has 4 rings (SSSR count). The van der Waals surface area contributed by atoms with Crippen LogP contribution in [0, 0.1) is 6.92 Å². The van der Waals surface area contributed by atoms with Crippen molar-refractivity contribution in [2.24, 2.45) is 0 Å². The largest absolute Gasteiger partial charge is 0.490 e. The van der Waals surface area contributed by atoms with Gasteiger partial charge in [0, 0.05) is 22.7 Å². The predicted molar refractivity (Wildman–Crippen MR) is 112 cm³/mol. The molecule has 0 aliphatic heterocycles. The maximum absolute atomic E-state index is 12.7. The topological polar surface area (TPSA) is 92.8 Å². The SMILES string of the molecule is Cc1[nH]nc2cc(-c3cc(NC[C@H](OC(=O)C(F)(F)F)c4ccccc4)ncn3)ccc12. The summed E-state index contributed by atoms with van der Waals surface area (Å²) in [7, 11) is 0. The van der Waals surface area contributed by atoms with Gasteiger partial charge in [0.15, 0.2) is 0 Å². The van der Waals surface area contributed by atoms with E-state index in [4.69, 9.17) is 4.74 Å². The Morgan fingerprint density at radius 1 is 1.12 bits per heavy atom. The standard InChI is InChI=1S/C22H18F3N5O2/c1-13-16-8-7-15(9-18(16)30-29-13)17-10-20(28-12-27-17)26-11-19(14-5-3-2-4-6-14)32-21(31)22(23,24)25/h2-10,12,19H,11H2,1H3,(H,29,30)(H,26,27,28)/t19-/m0/s1. The molecule has 0 saturated carbocycles. The second kappa shape index (κ2) is 8.66. The highest BCUT2D eigenvalue weighted by molar-refractivity contribution is 5.85. The van der Waals surface area contributed by atoms with E-state index >= 15 is 0 Å². The third kappa shape index (κ3) is 4.69. The lowest BCUT2D eigenvalue weighted by Crippen LogP contribution is -2.29. The van der Waals surface area contributed by atoms with Gasteiger partial charge in [-0.05, 0) is 18.6 Å². The second-order valence-corrected chi connectivity index (χ2v) is 7.05. The molecule has 0 bridgehead atoms. The van der Waals surface area contributed by atoms with Crippen molar-refractivity contribution >= 4 is 22.7 Å². The Kier molecular flexibility index (Phi) is 5.76. The lowest BCUT2D eigenvalue weighted by molar-refractivity contribution is -0.204. The lowest BCUT2D eigenvalue weighted by atomic mass is 10.1. The summed E-state index contributed by atoms with van der Waals surface area (Å²) < 4.78 is 42.9. The number of fused-ring (bicyclic) bond motifs is 1. The molecule has 10 heteroatoms. The Labute approximate surface area is 180 Å². The Morgan fingerprint density at radius 3 is 2.66 bits per heavy atom. The molecule has 1 atom stereocenters. The smallest absolute Gasteiger partial charge is 0.449 e. The third-order valence-electron chi connectivity index (χ3n) is 4.83. The van der Waals surface area contributed by atoms with Gasteiger partial charge in [0.1, 0.15) is 18.2 Å². The number of aromatic amines is 1. The van der Waals surface area contributed by atoms with Gasteiger partial charge in [-0.1, -0.05) is 42.5 Å². The molecular weight excluding hydrogens is 423 g/mol. The second-order valence-electron chi connectivity index (χ2n) is 7.05. The molecule has 0 fully saturated rings. The number of hydrogen-bond donors (Lipinski definition) is 2. The van der Waals surface area contributed by atoms with E-state index in [1.165, 1.54) is 6.33 Å². The summed E-state index contributed by atoms with van der Waals surface area (Å²) in [5.41, 5.74) is 3.57. The first-order valence-electron chi connectivity index (χ1n) is 9.65. The molecule has 0 aliphatic rings. The summed E-state index contributed by atoms with van der Waals surface area (Å²) in [5, 5.41) is 11.1. The summed E-state index contributed by atoms with van der Waals surface area (Å²) >= 11 is 0. The van der Waals surface area contributed by atoms with Crippen molar-refractivity contribution in [1.29, 1.82) is 0 Å². The van der Waals surface area contributed by atoms with Crippen LogP contribution in [0.4, 0.5) is 19.0 Å². The van der Waals surface area contributed by atoms with Crippen LogP contribution in [0.1, 0.15) is 17.4 Å². The highest BCUT2D eigenvalue weighted by atomic mass is 19.4. The van der Waals surface area contributed by atoms with Crippen LogP contribution in [-0.2, 0) is 9.53 Å². The first-order chi connectivity index (χ1) is 15.3. The number of esters is 1. The van der Waals surface area contributed by atoms with Gasteiger partial charge in [0.25, 0.3) is 0 Å². The van der Waals surface area contributed by atoms with Crippen LogP contribution >= 0.6 is 0 Å². The number of halogens is 3. The minimum absolute atomic E-state index is 0.111. The monoisotopic (exact) mass is 441 g/mol. The molecule has 0 unspecified atom stereocenters. The number of rotatable bonds is 6. The molecular formula is C22H18F3N5O2. The number of ether oxygens (including phenoxy) is 1. The molecule has 0 radical (unpaired) electrons. The van der Waals surface area contributed by atoms with Gasteiger partial charge in [-0.25, -0.2) is 14.8 Å².